The highest BCUT2D eigenvalue weighted by molar-refractivity contribution is 6.30. The third-order valence-corrected chi connectivity index (χ3v) is 5.70. The first-order valence-electron chi connectivity index (χ1n) is 10.0. The van der Waals surface area contributed by atoms with Crippen LogP contribution < -0.4 is 5.48 Å². The molecule has 7 nitrogen and oxygen atoms in total. The lowest BCUT2D eigenvalue weighted by Gasteiger charge is -2.34. The van der Waals surface area contributed by atoms with Gasteiger partial charge in [-0.15, -0.1) is 6.42 Å². The van der Waals surface area contributed by atoms with Crippen LogP contribution in [0.25, 0.3) is 0 Å². The van der Waals surface area contributed by atoms with Crippen LogP contribution in [0.3, 0.4) is 0 Å². The van der Waals surface area contributed by atoms with Gasteiger partial charge >= 0.3 is 0 Å². The van der Waals surface area contributed by atoms with E-state index < -0.39 is 11.9 Å². The van der Waals surface area contributed by atoms with Crippen LogP contribution in [0.15, 0.2) is 47.2 Å². The predicted molar refractivity (Wildman–Crippen MR) is 115 cm³/mol. The minimum atomic E-state index is -0.668. The average Bonchev–Trinajstić information content (AvgIpc) is 2.98. The highest BCUT2D eigenvalue weighted by Crippen LogP contribution is 2.32. The van der Waals surface area contributed by atoms with E-state index in [0.717, 1.165) is 5.56 Å². The third kappa shape index (κ3) is 5.47. The Hall–Kier alpha value is -2.79. The molecule has 1 atom stereocenters. The summed E-state index contributed by atoms with van der Waals surface area (Å²) in [7, 11) is 0. The van der Waals surface area contributed by atoms with E-state index in [1.807, 2.05) is 12.1 Å². The number of nitrogens with zero attached hydrogens (tertiary/aromatic N) is 1. The minimum Gasteiger partial charge on any atom is -0.490 e. The van der Waals surface area contributed by atoms with Crippen LogP contribution in [0.5, 0.6) is 0 Å². The summed E-state index contributed by atoms with van der Waals surface area (Å²) in [5.41, 5.74) is 3.07. The fourth-order valence-corrected chi connectivity index (χ4v) is 3.90. The van der Waals surface area contributed by atoms with Crippen molar-refractivity contribution < 1.29 is 24.3 Å². The zero-order valence-electron chi connectivity index (χ0n) is 17.3. The summed E-state index contributed by atoms with van der Waals surface area (Å²) >= 11 is 6.20. The fraction of sp³-hybridized carbons (Fsp3) is 0.391. The standard InChI is InChI=1S/C23H25ClN2O5/c1-3-16-13-26(23(28)17-7-9-30-10-8-17)20(18-5-4-6-19(24)12-18)14-31-21(16)11-15(2)22(27)25-29/h1,4-6,11-12,17,20,29H,7-10,13-14H2,2H3,(H,25,27)/b15-11+/t20-/m1/s1. The number of nitrogens with one attached hydrogen (secondary N) is 1. The number of carbonyl (C=O) groups is 2. The maximum Gasteiger partial charge on any atom is 0.270 e. The molecule has 8 heteroatoms. The van der Waals surface area contributed by atoms with E-state index in [9.17, 15) is 9.59 Å². The van der Waals surface area contributed by atoms with Gasteiger partial charge in [-0.3, -0.25) is 14.8 Å². The second-order valence-electron chi connectivity index (χ2n) is 7.49. The first kappa shape index (κ1) is 22.9. The maximum atomic E-state index is 13.5. The Labute approximate surface area is 186 Å². The van der Waals surface area contributed by atoms with E-state index in [-0.39, 0.29) is 30.5 Å². The molecule has 2 aliphatic rings. The van der Waals surface area contributed by atoms with Gasteiger partial charge in [0.2, 0.25) is 5.91 Å². The van der Waals surface area contributed by atoms with Gasteiger partial charge in [0, 0.05) is 29.7 Å². The van der Waals surface area contributed by atoms with Gasteiger partial charge in [-0.25, -0.2) is 5.48 Å². The summed E-state index contributed by atoms with van der Waals surface area (Å²) in [5, 5.41) is 9.43. The van der Waals surface area contributed by atoms with Gasteiger partial charge in [0.15, 0.2) is 0 Å². The van der Waals surface area contributed by atoms with Crippen LogP contribution in [0.4, 0.5) is 0 Å². The number of allylic oxidation sites excluding steroid dienone is 1. The van der Waals surface area contributed by atoms with Crippen LogP contribution in [0.2, 0.25) is 5.02 Å². The Bertz CT molecular complexity index is 944. The molecule has 0 radical (unpaired) electrons. The van der Waals surface area contributed by atoms with E-state index in [1.165, 1.54) is 13.0 Å². The minimum absolute atomic E-state index is 0.0142. The Morgan fingerprint density at radius 3 is 2.74 bits per heavy atom. The number of rotatable bonds is 4. The quantitative estimate of drug-likeness (QED) is 0.322. The van der Waals surface area contributed by atoms with Crippen molar-refractivity contribution in [2.24, 2.45) is 5.92 Å². The van der Waals surface area contributed by atoms with Gasteiger partial charge < -0.3 is 14.4 Å². The molecule has 0 aliphatic carbocycles. The van der Waals surface area contributed by atoms with Crippen LogP contribution in [0.1, 0.15) is 31.4 Å². The molecule has 1 fully saturated rings. The van der Waals surface area contributed by atoms with Gasteiger partial charge in [-0.2, -0.15) is 0 Å². The molecule has 2 N–H and O–H groups in total. The van der Waals surface area contributed by atoms with E-state index in [0.29, 0.717) is 42.4 Å². The highest BCUT2D eigenvalue weighted by Gasteiger charge is 2.35. The van der Waals surface area contributed by atoms with Crippen molar-refractivity contribution in [3.63, 3.8) is 0 Å². The summed E-state index contributed by atoms with van der Waals surface area (Å²) in [6.45, 7) is 2.91. The maximum absolute atomic E-state index is 13.5. The lowest BCUT2D eigenvalue weighted by atomic mass is 9.96. The zero-order chi connectivity index (χ0) is 22.4. The number of benzene rings is 1. The van der Waals surface area contributed by atoms with Crippen LogP contribution >= 0.6 is 11.6 Å². The van der Waals surface area contributed by atoms with Crippen LogP contribution in [0, 0.1) is 18.3 Å². The molecule has 2 aliphatic heterocycles. The highest BCUT2D eigenvalue weighted by atomic mass is 35.5. The Balaban J connectivity index is 2.00. The summed E-state index contributed by atoms with van der Waals surface area (Å²) in [6, 6.07) is 6.89. The van der Waals surface area contributed by atoms with Crippen LogP contribution in [-0.2, 0) is 19.1 Å². The van der Waals surface area contributed by atoms with Crippen molar-refractivity contribution in [2.45, 2.75) is 25.8 Å². The molecule has 2 amide bonds. The predicted octanol–water partition coefficient (Wildman–Crippen LogP) is 3.01. The molecule has 0 aromatic heterocycles. The summed E-state index contributed by atoms with van der Waals surface area (Å²) in [5.74, 6) is 2.07. The molecule has 1 aromatic rings. The number of hydrogen-bond donors (Lipinski definition) is 2. The molecule has 0 bridgehead atoms. The molecule has 0 unspecified atom stereocenters. The molecule has 1 aromatic carbocycles. The van der Waals surface area contributed by atoms with E-state index in [4.69, 9.17) is 32.7 Å². The normalized spacial score (nSPS) is 20.5. The lowest BCUT2D eigenvalue weighted by Crippen LogP contribution is -2.42. The second-order valence-corrected chi connectivity index (χ2v) is 7.93. The monoisotopic (exact) mass is 444 g/mol. The molecule has 3 rings (SSSR count). The molecular formula is C23H25ClN2O5. The Kier molecular flexibility index (Phi) is 7.75. The molecule has 31 heavy (non-hydrogen) atoms. The number of hydrogen-bond acceptors (Lipinski definition) is 5. The molecule has 1 saturated heterocycles. The number of terminal acetylenes is 1. The number of ether oxygens (including phenoxy) is 2. The Morgan fingerprint density at radius 2 is 2.10 bits per heavy atom. The number of hydroxylamine groups is 1. The van der Waals surface area contributed by atoms with Crippen molar-refractivity contribution in [1.82, 2.24) is 10.4 Å². The zero-order valence-corrected chi connectivity index (χ0v) is 18.0. The van der Waals surface area contributed by atoms with Gasteiger partial charge in [0.25, 0.3) is 5.91 Å². The molecule has 0 spiro atoms. The average molecular weight is 445 g/mol. The van der Waals surface area contributed by atoms with Gasteiger partial charge in [-0.05, 0) is 43.5 Å². The van der Waals surface area contributed by atoms with Crippen molar-refractivity contribution in [1.29, 1.82) is 0 Å². The van der Waals surface area contributed by atoms with Crippen molar-refractivity contribution >= 4 is 23.4 Å². The summed E-state index contributed by atoms with van der Waals surface area (Å²) < 4.78 is 11.4. The smallest absolute Gasteiger partial charge is 0.270 e. The summed E-state index contributed by atoms with van der Waals surface area (Å²) in [6.07, 6.45) is 8.52. The first-order valence-corrected chi connectivity index (χ1v) is 10.4. The molecule has 0 saturated carbocycles. The van der Waals surface area contributed by atoms with Crippen LogP contribution in [-0.4, -0.2) is 48.3 Å². The number of carbonyl (C=O) groups excluding carboxylic acids is 2. The largest absolute Gasteiger partial charge is 0.490 e. The van der Waals surface area contributed by atoms with E-state index in [1.54, 1.807) is 22.5 Å². The molecule has 164 valence electrons. The fourth-order valence-electron chi connectivity index (χ4n) is 3.70. The van der Waals surface area contributed by atoms with Crippen molar-refractivity contribution in [2.75, 3.05) is 26.4 Å². The van der Waals surface area contributed by atoms with Crippen molar-refractivity contribution in [3.05, 3.63) is 57.8 Å². The van der Waals surface area contributed by atoms with E-state index in [2.05, 4.69) is 5.92 Å². The Morgan fingerprint density at radius 1 is 1.35 bits per heavy atom. The SMILES string of the molecule is C#CC1=C(/C=C(\C)C(=O)NO)OC[C@H](c2cccc(Cl)c2)N(C(=O)C2CCOCC2)C1. The topological polar surface area (TPSA) is 88.1 Å². The first-order chi connectivity index (χ1) is 14.9. The number of amides is 2. The van der Waals surface area contributed by atoms with Gasteiger partial charge in [0.1, 0.15) is 12.4 Å². The van der Waals surface area contributed by atoms with Crippen molar-refractivity contribution in [3.8, 4) is 12.3 Å². The number of halogens is 1. The molecular weight excluding hydrogens is 420 g/mol. The molecule has 2 heterocycles. The summed E-state index contributed by atoms with van der Waals surface area (Å²) in [4.78, 5) is 27.0. The third-order valence-electron chi connectivity index (χ3n) is 5.47. The van der Waals surface area contributed by atoms with Gasteiger partial charge in [-0.1, -0.05) is 29.7 Å². The lowest BCUT2D eigenvalue weighted by molar-refractivity contribution is -0.141. The second kappa shape index (κ2) is 10.5. The van der Waals surface area contributed by atoms with E-state index >= 15 is 0 Å². The van der Waals surface area contributed by atoms with Gasteiger partial charge in [0.05, 0.1) is 18.2 Å².